The van der Waals surface area contributed by atoms with Gasteiger partial charge in [-0.1, -0.05) is 6.07 Å². The number of methoxy groups -OCH3 is 1. The molecule has 10 heteroatoms. The molecule has 2 aromatic carbocycles. The molecule has 0 heterocycles. The largest absolute Gasteiger partial charge is 0.493 e. The molecule has 0 bridgehead atoms. The van der Waals surface area contributed by atoms with Crippen molar-refractivity contribution in [2.24, 2.45) is 5.73 Å². The first-order chi connectivity index (χ1) is 15.8. The molecule has 9 nitrogen and oxygen atoms in total. The van der Waals surface area contributed by atoms with Gasteiger partial charge in [0.15, 0.2) is 24.7 Å². The number of hydrogen-bond acceptors (Lipinski definition) is 7. The molecule has 0 unspecified atom stereocenters. The van der Waals surface area contributed by atoms with E-state index in [0.29, 0.717) is 22.7 Å². The first-order valence-electron chi connectivity index (χ1n) is 9.71. The van der Waals surface area contributed by atoms with Gasteiger partial charge in [-0.2, -0.15) is 5.26 Å². The Hall–Kier alpha value is -4.39. The van der Waals surface area contributed by atoms with Crippen LogP contribution in [0.15, 0.2) is 48.5 Å². The van der Waals surface area contributed by atoms with Crippen molar-refractivity contribution in [2.75, 3.05) is 31.8 Å². The summed E-state index contributed by atoms with van der Waals surface area (Å²) in [7, 11) is 1.44. The zero-order valence-corrected chi connectivity index (χ0v) is 17.8. The number of nitrogens with zero attached hydrogens (tertiary/aromatic N) is 2. The minimum Gasteiger partial charge on any atom is -0.493 e. The number of hydrogen-bond donors (Lipinski definition) is 1. The van der Waals surface area contributed by atoms with Crippen molar-refractivity contribution >= 4 is 29.5 Å². The molecule has 2 rings (SSSR count). The van der Waals surface area contributed by atoms with Crippen LogP contribution in [0.2, 0.25) is 0 Å². The predicted octanol–water partition coefficient (Wildman–Crippen LogP) is 2.20. The smallest absolute Gasteiger partial charge is 0.331 e. The van der Waals surface area contributed by atoms with E-state index in [1.165, 1.54) is 42.4 Å². The molecule has 0 aliphatic carbocycles. The number of ether oxygens (including phenoxy) is 3. The quantitative estimate of drug-likeness (QED) is 0.406. The van der Waals surface area contributed by atoms with Gasteiger partial charge in [0.2, 0.25) is 5.91 Å². The van der Waals surface area contributed by atoms with Crippen molar-refractivity contribution in [1.29, 1.82) is 5.26 Å². The van der Waals surface area contributed by atoms with Gasteiger partial charge in [-0.15, -0.1) is 0 Å². The molecule has 33 heavy (non-hydrogen) atoms. The molecule has 2 aromatic rings. The van der Waals surface area contributed by atoms with E-state index in [1.807, 2.05) is 6.07 Å². The molecule has 0 aliphatic rings. The van der Waals surface area contributed by atoms with E-state index in [2.05, 4.69) is 0 Å². The summed E-state index contributed by atoms with van der Waals surface area (Å²) >= 11 is 0. The molecule has 2 amide bonds. The zero-order chi connectivity index (χ0) is 24.2. The van der Waals surface area contributed by atoms with Crippen LogP contribution in [0.3, 0.4) is 0 Å². The molecule has 0 aromatic heterocycles. The average Bonchev–Trinajstić information content (AvgIpc) is 2.81. The lowest BCUT2D eigenvalue weighted by Gasteiger charge is -2.22. The lowest BCUT2D eigenvalue weighted by atomic mass is 10.2. The summed E-state index contributed by atoms with van der Waals surface area (Å²) in [5.41, 5.74) is 6.08. The van der Waals surface area contributed by atoms with E-state index in [9.17, 15) is 18.8 Å². The highest BCUT2D eigenvalue weighted by Crippen LogP contribution is 2.28. The Morgan fingerprint density at radius 1 is 1.15 bits per heavy atom. The Bertz CT molecular complexity index is 1060. The average molecular weight is 455 g/mol. The topological polar surface area (TPSA) is 132 Å². The number of benzene rings is 2. The molecule has 0 radical (unpaired) electrons. The lowest BCUT2D eigenvalue weighted by Crippen LogP contribution is -2.37. The number of amides is 2. The number of carbonyl (C=O) groups excluding carboxylic acids is 3. The van der Waals surface area contributed by atoms with Gasteiger partial charge < -0.3 is 24.8 Å². The number of nitrogens with two attached hydrogens (primary N) is 1. The van der Waals surface area contributed by atoms with Crippen LogP contribution in [0.4, 0.5) is 10.1 Å². The van der Waals surface area contributed by atoms with Crippen LogP contribution < -0.4 is 20.1 Å². The summed E-state index contributed by atoms with van der Waals surface area (Å²) in [4.78, 5) is 36.9. The van der Waals surface area contributed by atoms with Crippen LogP contribution in [0.5, 0.6) is 11.5 Å². The molecule has 0 spiro atoms. The fourth-order valence-electron chi connectivity index (χ4n) is 2.68. The second kappa shape index (κ2) is 12.5. The maximum Gasteiger partial charge on any atom is 0.331 e. The summed E-state index contributed by atoms with van der Waals surface area (Å²) in [6, 6.07) is 11.8. The highest BCUT2D eigenvalue weighted by atomic mass is 19.1. The Morgan fingerprint density at radius 2 is 1.88 bits per heavy atom. The van der Waals surface area contributed by atoms with Crippen LogP contribution in [0, 0.1) is 17.1 Å². The highest BCUT2D eigenvalue weighted by Gasteiger charge is 2.18. The minimum absolute atomic E-state index is 0.0484. The standard InChI is InChI=1S/C23H22FN3O6/c1-31-20-14-16(2-8-19(20)32-13-11-25)3-9-23(30)33-15-22(29)27(12-10-21(26)28)18-6-4-17(24)5-7-18/h2-9,14H,10,12-13,15H2,1H3,(H2,26,28)/b9-3+. The van der Waals surface area contributed by atoms with Gasteiger partial charge in [0.25, 0.3) is 5.91 Å². The molecule has 0 saturated carbocycles. The number of esters is 1. The normalized spacial score (nSPS) is 10.3. The van der Waals surface area contributed by atoms with E-state index in [4.69, 9.17) is 25.2 Å². The fourth-order valence-corrected chi connectivity index (χ4v) is 2.68. The van der Waals surface area contributed by atoms with E-state index in [-0.39, 0.29) is 19.6 Å². The van der Waals surface area contributed by atoms with Crippen LogP contribution in [0.1, 0.15) is 12.0 Å². The number of primary amides is 1. The Balaban J connectivity index is 2.00. The van der Waals surface area contributed by atoms with Gasteiger partial charge in [0, 0.05) is 24.7 Å². The molecular weight excluding hydrogens is 433 g/mol. The fraction of sp³-hybridized carbons (Fsp3) is 0.217. The van der Waals surface area contributed by atoms with Crippen molar-refractivity contribution in [3.05, 3.63) is 59.9 Å². The summed E-state index contributed by atoms with van der Waals surface area (Å²) in [6.45, 7) is -0.781. The van der Waals surface area contributed by atoms with Crippen molar-refractivity contribution in [1.82, 2.24) is 0 Å². The monoisotopic (exact) mass is 455 g/mol. The maximum absolute atomic E-state index is 13.2. The van der Waals surface area contributed by atoms with Gasteiger partial charge in [-0.3, -0.25) is 9.59 Å². The van der Waals surface area contributed by atoms with E-state index in [1.54, 1.807) is 18.2 Å². The molecule has 0 saturated heterocycles. The first-order valence-corrected chi connectivity index (χ1v) is 9.71. The SMILES string of the molecule is COc1cc(/C=C/C(=O)OCC(=O)N(CCC(N)=O)c2ccc(F)cc2)ccc1OCC#N. The predicted molar refractivity (Wildman–Crippen MR) is 117 cm³/mol. The number of rotatable bonds is 11. The van der Waals surface area contributed by atoms with E-state index >= 15 is 0 Å². The summed E-state index contributed by atoms with van der Waals surface area (Å²) in [6.07, 6.45) is 2.46. The number of carbonyl (C=O) groups is 3. The number of nitriles is 1. The van der Waals surface area contributed by atoms with Crippen molar-refractivity contribution in [3.63, 3.8) is 0 Å². The molecular formula is C23H22FN3O6. The third-order valence-electron chi connectivity index (χ3n) is 4.25. The second-order valence-corrected chi connectivity index (χ2v) is 6.54. The number of anilines is 1. The van der Waals surface area contributed by atoms with Crippen LogP contribution in [0.25, 0.3) is 6.08 Å². The lowest BCUT2D eigenvalue weighted by molar-refractivity contribution is -0.143. The Kier molecular flexibility index (Phi) is 9.39. The molecule has 0 fully saturated rings. The third-order valence-corrected chi connectivity index (χ3v) is 4.25. The molecule has 172 valence electrons. The van der Waals surface area contributed by atoms with Gasteiger partial charge in [0.1, 0.15) is 11.9 Å². The first kappa shape index (κ1) is 24.9. The molecule has 0 aliphatic heterocycles. The Labute approximate surface area is 189 Å². The highest BCUT2D eigenvalue weighted by molar-refractivity contribution is 5.97. The summed E-state index contributed by atoms with van der Waals surface area (Å²) < 4.78 is 28.6. The van der Waals surface area contributed by atoms with Crippen molar-refractivity contribution in [3.8, 4) is 17.6 Å². The third kappa shape index (κ3) is 7.99. The minimum atomic E-state index is -0.777. The van der Waals surface area contributed by atoms with Gasteiger partial charge >= 0.3 is 5.97 Å². The Morgan fingerprint density at radius 3 is 2.52 bits per heavy atom. The van der Waals surface area contributed by atoms with Crippen LogP contribution >= 0.6 is 0 Å². The van der Waals surface area contributed by atoms with Gasteiger partial charge in [-0.05, 0) is 48.0 Å². The van der Waals surface area contributed by atoms with Gasteiger partial charge in [-0.25, -0.2) is 9.18 Å². The zero-order valence-electron chi connectivity index (χ0n) is 17.8. The van der Waals surface area contributed by atoms with Crippen LogP contribution in [-0.4, -0.2) is 44.7 Å². The van der Waals surface area contributed by atoms with Crippen LogP contribution in [-0.2, 0) is 19.1 Å². The maximum atomic E-state index is 13.2. The van der Waals surface area contributed by atoms with Gasteiger partial charge in [0.05, 0.1) is 7.11 Å². The van der Waals surface area contributed by atoms with E-state index < -0.39 is 30.2 Å². The summed E-state index contributed by atoms with van der Waals surface area (Å²) in [5.74, 6) is -1.74. The summed E-state index contributed by atoms with van der Waals surface area (Å²) in [5, 5.41) is 8.60. The van der Waals surface area contributed by atoms with E-state index in [0.717, 1.165) is 6.08 Å². The molecule has 0 atom stereocenters. The second-order valence-electron chi connectivity index (χ2n) is 6.54. The van der Waals surface area contributed by atoms with Crippen molar-refractivity contribution in [2.45, 2.75) is 6.42 Å². The van der Waals surface area contributed by atoms with Crippen molar-refractivity contribution < 1.29 is 33.0 Å². The number of halogens is 1. The molecule has 2 N–H and O–H groups in total.